The van der Waals surface area contributed by atoms with Gasteiger partial charge in [0, 0.05) is 32.2 Å². The summed E-state index contributed by atoms with van der Waals surface area (Å²) < 4.78 is 0. The van der Waals surface area contributed by atoms with Crippen molar-refractivity contribution in [3.8, 4) is 11.3 Å². The Morgan fingerprint density at radius 2 is 1.41 bits per heavy atom. The number of thioether (sulfide) groups is 1. The molecule has 9 heteroatoms. The summed E-state index contributed by atoms with van der Waals surface area (Å²) in [6, 6.07) is 34.8. The first-order chi connectivity index (χ1) is 19.0. The van der Waals surface area contributed by atoms with Gasteiger partial charge in [-0.05, 0) is 66.3 Å². The summed E-state index contributed by atoms with van der Waals surface area (Å²) in [4.78, 5) is 19.0. The van der Waals surface area contributed by atoms with Gasteiger partial charge in [0.05, 0.1) is 5.69 Å². The molecular formula is C30H23ClN4OS3. The molecule has 0 aliphatic heterocycles. The molecule has 0 fully saturated rings. The first-order valence-corrected chi connectivity index (χ1v) is 14.5. The Bertz CT molecular complexity index is 1540. The van der Waals surface area contributed by atoms with E-state index in [1.54, 1.807) is 0 Å². The Morgan fingerprint density at radius 1 is 0.795 bits per heavy atom. The van der Waals surface area contributed by atoms with Gasteiger partial charge in [0.2, 0.25) is 5.91 Å². The van der Waals surface area contributed by atoms with Crippen molar-refractivity contribution in [1.82, 2.24) is 4.98 Å². The molecule has 1 heterocycles. The van der Waals surface area contributed by atoms with Gasteiger partial charge in [-0.25, -0.2) is 4.98 Å². The third-order valence-corrected chi connectivity index (χ3v) is 8.09. The number of carbonyl (C=O) groups excluding carboxylic acids is 1. The quantitative estimate of drug-likeness (QED) is 0.125. The highest BCUT2D eigenvalue weighted by atomic mass is 35.5. The van der Waals surface area contributed by atoms with E-state index in [0.717, 1.165) is 33.1 Å². The van der Waals surface area contributed by atoms with Gasteiger partial charge < -0.3 is 16.0 Å². The molecule has 4 aromatic carbocycles. The normalized spacial score (nSPS) is 11.4. The van der Waals surface area contributed by atoms with Crippen molar-refractivity contribution in [2.45, 2.75) is 10.1 Å². The highest BCUT2D eigenvalue weighted by molar-refractivity contribution is 8.00. The highest BCUT2D eigenvalue weighted by Gasteiger charge is 2.23. The first-order valence-electron chi connectivity index (χ1n) is 12.0. The molecule has 0 bridgehead atoms. The summed E-state index contributed by atoms with van der Waals surface area (Å²) >= 11 is 14.3. The number of hydrogen-bond acceptors (Lipinski definition) is 5. The van der Waals surface area contributed by atoms with Crippen molar-refractivity contribution < 1.29 is 4.79 Å². The van der Waals surface area contributed by atoms with Crippen LogP contribution in [0, 0.1) is 0 Å². The lowest BCUT2D eigenvalue weighted by Gasteiger charge is -2.17. The van der Waals surface area contributed by atoms with Gasteiger partial charge in [0.15, 0.2) is 10.2 Å². The maximum absolute atomic E-state index is 13.5. The van der Waals surface area contributed by atoms with Crippen molar-refractivity contribution in [1.29, 1.82) is 0 Å². The van der Waals surface area contributed by atoms with E-state index < -0.39 is 5.25 Å². The Morgan fingerprint density at radius 3 is 2.08 bits per heavy atom. The Labute approximate surface area is 245 Å². The van der Waals surface area contributed by atoms with Crippen LogP contribution < -0.4 is 16.0 Å². The molecule has 1 unspecified atom stereocenters. The number of carbonyl (C=O) groups is 1. The van der Waals surface area contributed by atoms with Crippen LogP contribution in [0.15, 0.2) is 119 Å². The number of anilines is 3. The fourth-order valence-corrected chi connectivity index (χ4v) is 5.83. The average molecular weight is 587 g/mol. The van der Waals surface area contributed by atoms with Crippen LogP contribution in [0.1, 0.15) is 10.8 Å². The van der Waals surface area contributed by atoms with Crippen molar-refractivity contribution in [2.24, 2.45) is 0 Å². The van der Waals surface area contributed by atoms with Crippen LogP contribution in [-0.4, -0.2) is 16.0 Å². The largest absolute Gasteiger partial charge is 0.332 e. The van der Waals surface area contributed by atoms with Gasteiger partial charge in [-0.3, -0.25) is 4.79 Å². The summed E-state index contributed by atoms with van der Waals surface area (Å²) in [6.07, 6.45) is 0. The van der Waals surface area contributed by atoms with E-state index in [-0.39, 0.29) is 5.91 Å². The van der Waals surface area contributed by atoms with E-state index in [2.05, 4.69) is 20.9 Å². The third kappa shape index (κ3) is 7.46. The van der Waals surface area contributed by atoms with Crippen LogP contribution in [-0.2, 0) is 4.79 Å². The molecule has 1 aromatic heterocycles. The van der Waals surface area contributed by atoms with E-state index in [4.69, 9.17) is 23.8 Å². The van der Waals surface area contributed by atoms with Crippen molar-refractivity contribution in [3.05, 3.63) is 125 Å². The minimum atomic E-state index is -0.464. The second-order valence-corrected chi connectivity index (χ2v) is 11.3. The number of amides is 1. The fraction of sp³-hybridized carbons (Fsp3) is 0.0333. The van der Waals surface area contributed by atoms with Crippen LogP contribution in [0.5, 0.6) is 0 Å². The molecular weight excluding hydrogens is 564 g/mol. The van der Waals surface area contributed by atoms with Crippen LogP contribution in [0.4, 0.5) is 16.5 Å². The van der Waals surface area contributed by atoms with E-state index in [9.17, 15) is 4.79 Å². The zero-order chi connectivity index (χ0) is 27.0. The van der Waals surface area contributed by atoms with E-state index in [1.807, 2.05) is 115 Å². The number of rotatable bonds is 8. The number of thiazole rings is 1. The molecule has 5 aromatic rings. The summed E-state index contributed by atoms with van der Waals surface area (Å²) in [7, 11) is 0. The molecule has 5 nitrogen and oxygen atoms in total. The second kappa shape index (κ2) is 12.9. The molecule has 3 N–H and O–H groups in total. The smallest absolute Gasteiger partial charge is 0.244 e. The third-order valence-electron chi connectivity index (χ3n) is 5.61. The molecule has 0 saturated heterocycles. The lowest BCUT2D eigenvalue weighted by molar-refractivity contribution is -0.115. The molecule has 0 saturated carbocycles. The summed E-state index contributed by atoms with van der Waals surface area (Å²) in [5, 5.41) is 12.5. The van der Waals surface area contributed by atoms with Gasteiger partial charge in [-0.2, -0.15) is 0 Å². The molecule has 5 rings (SSSR count). The minimum absolute atomic E-state index is 0.140. The molecule has 194 valence electrons. The van der Waals surface area contributed by atoms with Gasteiger partial charge in [0.25, 0.3) is 0 Å². The molecule has 1 atom stereocenters. The Kier molecular flexibility index (Phi) is 8.90. The number of nitrogens with zero attached hydrogens (tertiary/aromatic N) is 1. The summed E-state index contributed by atoms with van der Waals surface area (Å²) in [5.41, 5.74) is 4.41. The van der Waals surface area contributed by atoms with Gasteiger partial charge in [-0.1, -0.05) is 72.3 Å². The lowest BCUT2D eigenvalue weighted by atomic mass is 10.1. The maximum Gasteiger partial charge on any atom is 0.244 e. The standard InChI is InChI=1S/C30H23ClN4OS3/c31-22-13-11-20(12-14-22)26-19-38-30(34-26)35-28(36)27(21-7-3-1-4-8-21)39-25-17-15-24(16-18-25)33-29(37)32-23-9-5-2-6-10-23/h1-19,27H,(H2,32,33,37)(H,34,35,36). The van der Waals surface area contributed by atoms with Gasteiger partial charge in [-0.15, -0.1) is 23.1 Å². The predicted molar refractivity (Wildman–Crippen MR) is 169 cm³/mol. The minimum Gasteiger partial charge on any atom is -0.332 e. The van der Waals surface area contributed by atoms with Crippen molar-refractivity contribution >= 4 is 74.4 Å². The molecule has 0 aliphatic rings. The zero-order valence-electron chi connectivity index (χ0n) is 20.5. The number of aromatic nitrogens is 1. The van der Waals surface area contributed by atoms with Gasteiger partial charge >= 0.3 is 0 Å². The lowest BCUT2D eigenvalue weighted by Crippen LogP contribution is -2.19. The van der Waals surface area contributed by atoms with E-state index in [1.165, 1.54) is 23.1 Å². The highest BCUT2D eigenvalue weighted by Crippen LogP contribution is 2.37. The maximum atomic E-state index is 13.5. The average Bonchev–Trinajstić information content (AvgIpc) is 3.42. The summed E-state index contributed by atoms with van der Waals surface area (Å²) in [6.45, 7) is 0. The van der Waals surface area contributed by atoms with Gasteiger partial charge in [0.1, 0.15) is 5.25 Å². The number of halogens is 1. The second-order valence-electron chi connectivity index (χ2n) is 8.41. The summed E-state index contributed by atoms with van der Waals surface area (Å²) in [5.74, 6) is -0.140. The monoisotopic (exact) mass is 586 g/mol. The predicted octanol–water partition coefficient (Wildman–Crippen LogP) is 8.74. The van der Waals surface area contributed by atoms with Crippen LogP contribution in [0.2, 0.25) is 5.02 Å². The molecule has 1 amide bonds. The Balaban J connectivity index is 1.26. The SMILES string of the molecule is O=C(Nc1nc(-c2ccc(Cl)cc2)cs1)C(Sc1ccc(NC(=S)Nc2ccccc2)cc1)c1ccccc1. The van der Waals surface area contributed by atoms with E-state index in [0.29, 0.717) is 15.3 Å². The topological polar surface area (TPSA) is 66.0 Å². The fourth-order valence-electron chi connectivity index (χ4n) is 3.72. The van der Waals surface area contributed by atoms with Crippen molar-refractivity contribution in [3.63, 3.8) is 0 Å². The van der Waals surface area contributed by atoms with Crippen LogP contribution in [0.3, 0.4) is 0 Å². The molecule has 39 heavy (non-hydrogen) atoms. The molecule has 0 radical (unpaired) electrons. The first kappa shape index (κ1) is 26.9. The Hall–Kier alpha value is -3.69. The number of para-hydroxylation sites is 1. The number of benzene rings is 4. The number of hydrogen-bond donors (Lipinski definition) is 3. The zero-order valence-corrected chi connectivity index (χ0v) is 23.7. The van der Waals surface area contributed by atoms with Crippen molar-refractivity contribution in [2.75, 3.05) is 16.0 Å². The number of nitrogens with one attached hydrogen (secondary N) is 3. The van der Waals surface area contributed by atoms with E-state index >= 15 is 0 Å². The number of thiocarbonyl (C=S) groups is 1. The van der Waals surface area contributed by atoms with Crippen LogP contribution >= 0.6 is 46.9 Å². The molecule has 0 aliphatic carbocycles. The van der Waals surface area contributed by atoms with Crippen LogP contribution in [0.25, 0.3) is 11.3 Å². The molecule has 0 spiro atoms.